The molecule has 2 N–H and O–H groups in total. The summed E-state index contributed by atoms with van der Waals surface area (Å²) in [5, 5.41) is 5.81. The van der Waals surface area contributed by atoms with Gasteiger partial charge in [0, 0.05) is 26.1 Å². The summed E-state index contributed by atoms with van der Waals surface area (Å²) >= 11 is 0. The van der Waals surface area contributed by atoms with Crippen LogP contribution >= 0.6 is 0 Å². The van der Waals surface area contributed by atoms with Crippen molar-refractivity contribution in [3.8, 4) is 0 Å². The normalized spacial score (nSPS) is 35.5. The lowest BCUT2D eigenvalue weighted by Gasteiger charge is -2.14. The molecule has 0 aromatic rings. The number of hydrogen-bond donors (Lipinski definition) is 2. The van der Waals surface area contributed by atoms with Gasteiger partial charge in [0.25, 0.3) is 0 Å². The molecule has 2 saturated heterocycles. The molecule has 0 spiro atoms. The van der Waals surface area contributed by atoms with Gasteiger partial charge in [-0.25, -0.2) is 4.39 Å². The molecule has 2 aliphatic rings. The number of carbonyl (C=O) groups excluding carboxylic acids is 1. The predicted molar refractivity (Wildman–Crippen MR) is 59.9 cm³/mol. The number of nitrogens with zero attached hydrogens (tertiary/aromatic N) is 1. The average molecular weight is 229 g/mol. The first-order valence-corrected chi connectivity index (χ1v) is 5.99. The van der Waals surface area contributed by atoms with Gasteiger partial charge < -0.3 is 15.5 Å². The number of hydrogen-bond acceptors (Lipinski definition) is 3. The molecule has 2 heterocycles. The Balaban J connectivity index is 1.68. The van der Waals surface area contributed by atoms with E-state index in [1.54, 1.807) is 0 Å². The highest BCUT2D eigenvalue weighted by Crippen LogP contribution is 2.14. The fourth-order valence-electron chi connectivity index (χ4n) is 2.45. The molecule has 16 heavy (non-hydrogen) atoms. The maximum Gasteiger partial charge on any atom is 0.237 e. The first-order valence-electron chi connectivity index (χ1n) is 5.99. The summed E-state index contributed by atoms with van der Waals surface area (Å²) in [6.45, 7) is 3.18. The third-order valence-corrected chi connectivity index (χ3v) is 3.45. The lowest BCUT2D eigenvalue weighted by molar-refractivity contribution is -0.123. The quantitative estimate of drug-likeness (QED) is 0.702. The summed E-state index contributed by atoms with van der Waals surface area (Å²) in [6.07, 6.45) is 0.588. The molecule has 0 aromatic carbocycles. The van der Waals surface area contributed by atoms with Crippen molar-refractivity contribution in [1.82, 2.24) is 15.5 Å². The molecule has 4 nitrogen and oxygen atoms in total. The first-order chi connectivity index (χ1) is 7.65. The van der Waals surface area contributed by atoms with Crippen LogP contribution in [0, 0.1) is 5.92 Å². The number of rotatable bonds is 3. The average Bonchev–Trinajstić information content (AvgIpc) is 2.84. The number of alkyl halides is 1. The summed E-state index contributed by atoms with van der Waals surface area (Å²) in [6, 6.07) is -0.325. The number of amides is 1. The SMILES string of the molecule is CN1CCC(CNC(=O)[C@@H]2C[C@@H](F)CN2)C1. The molecule has 2 fully saturated rings. The molecular weight excluding hydrogens is 209 g/mol. The van der Waals surface area contributed by atoms with Gasteiger partial charge in [-0.2, -0.15) is 0 Å². The number of likely N-dealkylation sites (tertiary alicyclic amines) is 1. The standard InChI is InChI=1S/C11H20FN3O/c1-15-3-2-8(7-15)5-14-11(16)10-4-9(12)6-13-10/h8-10,13H,2-7H2,1H3,(H,14,16)/t8?,9-,10+/m1/s1. The van der Waals surface area contributed by atoms with Crippen LogP contribution < -0.4 is 10.6 Å². The minimum atomic E-state index is -0.867. The van der Waals surface area contributed by atoms with Crippen LogP contribution in [0.15, 0.2) is 0 Å². The van der Waals surface area contributed by atoms with Gasteiger partial charge in [-0.1, -0.05) is 0 Å². The van der Waals surface area contributed by atoms with Crippen molar-refractivity contribution in [2.24, 2.45) is 5.92 Å². The van der Waals surface area contributed by atoms with Gasteiger partial charge in [0.2, 0.25) is 5.91 Å². The van der Waals surface area contributed by atoms with E-state index in [-0.39, 0.29) is 11.9 Å². The molecule has 0 radical (unpaired) electrons. The van der Waals surface area contributed by atoms with Gasteiger partial charge in [-0.3, -0.25) is 4.79 Å². The topological polar surface area (TPSA) is 44.4 Å². The lowest BCUT2D eigenvalue weighted by Crippen LogP contribution is -2.42. The van der Waals surface area contributed by atoms with E-state index in [0.29, 0.717) is 18.9 Å². The predicted octanol–water partition coefficient (Wildman–Crippen LogP) is -0.246. The van der Waals surface area contributed by atoms with E-state index in [1.165, 1.54) is 0 Å². The number of halogens is 1. The molecule has 0 saturated carbocycles. The smallest absolute Gasteiger partial charge is 0.237 e. The number of carbonyl (C=O) groups is 1. The summed E-state index contributed by atoms with van der Waals surface area (Å²) in [4.78, 5) is 13.9. The van der Waals surface area contributed by atoms with Crippen molar-refractivity contribution < 1.29 is 9.18 Å². The van der Waals surface area contributed by atoms with E-state index in [4.69, 9.17) is 0 Å². The van der Waals surface area contributed by atoms with E-state index >= 15 is 0 Å². The molecule has 1 amide bonds. The number of nitrogens with one attached hydrogen (secondary N) is 2. The van der Waals surface area contributed by atoms with Crippen LogP contribution in [0.2, 0.25) is 0 Å². The molecule has 2 rings (SSSR count). The summed E-state index contributed by atoms with van der Waals surface area (Å²) in [5.74, 6) is 0.506. The van der Waals surface area contributed by atoms with Gasteiger partial charge in [0.05, 0.1) is 6.04 Å². The molecule has 1 unspecified atom stereocenters. The molecule has 0 aliphatic carbocycles. The van der Waals surface area contributed by atoms with Crippen molar-refractivity contribution in [3.05, 3.63) is 0 Å². The van der Waals surface area contributed by atoms with Gasteiger partial charge in [-0.15, -0.1) is 0 Å². The third-order valence-electron chi connectivity index (χ3n) is 3.45. The Morgan fingerprint density at radius 2 is 2.44 bits per heavy atom. The van der Waals surface area contributed by atoms with Crippen molar-refractivity contribution in [3.63, 3.8) is 0 Å². The summed E-state index contributed by atoms with van der Waals surface area (Å²) < 4.78 is 12.9. The molecule has 2 aliphatic heterocycles. The van der Waals surface area contributed by atoms with Crippen molar-refractivity contribution in [2.75, 3.05) is 33.2 Å². The van der Waals surface area contributed by atoms with Crippen LogP contribution in [-0.2, 0) is 4.79 Å². The van der Waals surface area contributed by atoms with E-state index < -0.39 is 6.17 Å². The monoisotopic (exact) mass is 229 g/mol. The van der Waals surface area contributed by atoms with E-state index in [2.05, 4.69) is 22.6 Å². The van der Waals surface area contributed by atoms with Crippen molar-refractivity contribution in [1.29, 1.82) is 0 Å². The van der Waals surface area contributed by atoms with Crippen LogP contribution in [0.1, 0.15) is 12.8 Å². The summed E-state index contributed by atoms with van der Waals surface area (Å²) in [7, 11) is 2.09. The maximum atomic E-state index is 12.9. The minimum Gasteiger partial charge on any atom is -0.354 e. The second-order valence-corrected chi connectivity index (χ2v) is 4.96. The molecule has 0 bridgehead atoms. The summed E-state index contributed by atoms with van der Waals surface area (Å²) in [5.41, 5.74) is 0. The fraction of sp³-hybridized carbons (Fsp3) is 0.909. The van der Waals surface area contributed by atoms with Crippen LogP contribution in [-0.4, -0.2) is 56.2 Å². The van der Waals surface area contributed by atoms with Gasteiger partial charge >= 0.3 is 0 Å². The largest absolute Gasteiger partial charge is 0.354 e. The van der Waals surface area contributed by atoms with Crippen LogP contribution in [0.5, 0.6) is 0 Å². The van der Waals surface area contributed by atoms with E-state index in [1.807, 2.05) is 0 Å². The molecule has 3 atom stereocenters. The zero-order valence-corrected chi connectivity index (χ0v) is 9.71. The van der Waals surface area contributed by atoms with Gasteiger partial charge in [0.15, 0.2) is 0 Å². The zero-order chi connectivity index (χ0) is 11.5. The maximum absolute atomic E-state index is 12.9. The molecule has 92 valence electrons. The highest BCUT2D eigenvalue weighted by atomic mass is 19.1. The highest BCUT2D eigenvalue weighted by molar-refractivity contribution is 5.82. The van der Waals surface area contributed by atoms with Crippen molar-refractivity contribution >= 4 is 5.91 Å². The Bertz CT molecular complexity index is 262. The second-order valence-electron chi connectivity index (χ2n) is 4.96. The van der Waals surface area contributed by atoms with Crippen LogP contribution in [0.4, 0.5) is 4.39 Å². The lowest BCUT2D eigenvalue weighted by atomic mass is 10.1. The van der Waals surface area contributed by atoms with Gasteiger partial charge in [-0.05, 0) is 25.9 Å². The minimum absolute atomic E-state index is 0.0466. The molecule has 0 aromatic heterocycles. The molecule has 5 heteroatoms. The Morgan fingerprint density at radius 1 is 1.62 bits per heavy atom. The Labute approximate surface area is 95.6 Å². The Hall–Kier alpha value is -0.680. The van der Waals surface area contributed by atoms with E-state index in [0.717, 1.165) is 26.1 Å². The second kappa shape index (κ2) is 5.10. The van der Waals surface area contributed by atoms with Gasteiger partial charge in [0.1, 0.15) is 6.17 Å². The van der Waals surface area contributed by atoms with Crippen LogP contribution in [0.25, 0.3) is 0 Å². The van der Waals surface area contributed by atoms with Crippen molar-refractivity contribution in [2.45, 2.75) is 25.1 Å². The fourth-order valence-corrected chi connectivity index (χ4v) is 2.45. The molecular formula is C11H20FN3O. The highest BCUT2D eigenvalue weighted by Gasteiger charge is 2.29. The van der Waals surface area contributed by atoms with E-state index in [9.17, 15) is 9.18 Å². The zero-order valence-electron chi connectivity index (χ0n) is 9.71. The third kappa shape index (κ3) is 2.92. The first kappa shape index (κ1) is 11.8. The Morgan fingerprint density at radius 3 is 3.00 bits per heavy atom. The van der Waals surface area contributed by atoms with Crippen LogP contribution in [0.3, 0.4) is 0 Å². The Kier molecular flexibility index (Phi) is 3.76.